The Labute approximate surface area is 93.7 Å². The third-order valence-corrected chi connectivity index (χ3v) is 2.36. The lowest BCUT2D eigenvalue weighted by molar-refractivity contribution is 0.0697. The Morgan fingerprint density at radius 2 is 1.81 bits per heavy atom. The molecular formula is C9H5ClN2O4. The van der Waals surface area contributed by atoms with Crippen molar-refractivity contribution >= 4 is 23.4 Å². The molecule has 0 atom stereocenters. The van der Waals surface area contributed by atoms with Crippen LogP contribution in [0.5, 0.6) is 0 Å². The highest BCUT2D eigenvalue weighted by Crippen LogP contribution is 2.21. The van der Waals surface area contributed by atoms with Gasteiger partial charge in [0.2, 0.25) is 0 Å². The second-order valence-electron chi connectivity index (χ2n) is 3.00. The summed E-state index contributed by atoms with van der Waals surface area (Å²) in [6, 6.07) is 5.79. The molecule has 6 nitrogen and oxygen atoms in total. The number of nitrogens with zero attached hydrogens (tertiary/aromatic N) is 2. The van der Waals surface area contributed by atoms with E-state index in [0.717, 1.165) is 0 Å². The van der Waals surface area contributed by atoms with E-state index in [1.165, 1.54) is 18.2 Å². The average molecular weight is 241 g/mol. The third-order valence-electron chi connectivity index (χ3n) is 2.03. The first-order chi connectivity index (χ1) is 7.54. The zero-order valence-corrected chi connectivity index (χ0v) is 8.51. The predicted molar refractivity (Wildman–Crippen MR) is 56.5 cm³/mol. The average Bonchev–Trinajstić information content (AvgIpc) is 2.86. The van der Waals surface area contributed by atoms with Crippen LogP contribution >= 0.6 is 11.8 Å². The number of hydrogen-bond acceptors (Lipinski definition) is 4. The minimum Gasteiger partial charge on any atom is -0.478 e. The van der Waals surface area contributed by atoms with Crippen molar-refractivity contribution in [2.75, 3.05) is 4.53 Å². The van der Waals surface area contributed by atoms with Gasteiger partial charge in [0, 0.05) is 11.8 Å². The number of rotatable bonds is 3. The monoisotopic (exact) mass is 240 g/mol. The van der Waals surface area contributed by atoms with Crippen molar-refractivity contribution in [2.45, 2.75) is 0 Å². The summed E-state index contributed by atoms with van der Waals surface area (Å²) in [6.45, 7) is 0. The van der Waals surface area contributed by atoms with Crippen LogP contribution in [0.15, 0.2) is 33.9 Å². The maximum atomic E-state index is 10.9. The van der Waals surface area contributed by atoms with Crippen LogP contribution in [0.25, 0.3) is 0 Å². The summed E-state index contributed by atoms with van der Waals surface area (Å²) in [6.07, 6.45) is 0. The normalized spacial score (nSPS) is 10.6. The van der Waals surface area contributed by atoms with Crippen LogP contribution in [-0.2, 0) is 0 Å². The van der Waals surface area contributed by atoms with E-state index in [1.54, 1.807) is 6.07 Å². The van der Waals surface area contributed by atoms with Crippen LogP contribution < -0.4 is 15.6 Å². The van der Waals surface area contributed by atoms with Gasteiger partial charge in [0.15, 0.2) is 0 Å². The maximum Gasteiger partial charge on any atom is 0.341 e. The van der Waals surface area contributed by atoms with Gasteiger partial charge in [-0.05, 0) is 12.1 Å². The molecule has 0 radical (unpaired) electrons. The minimum absolute atomic E-state index is 0.0656. The van der Waals surface area contributed by atoms with Crippen LogP contribution in [-0.4, -0.2) is 15.8 Å². The van der Waals surface area contributed by atoms with E-state index in [0.29, 0.717) is 9.20 Å². The van der Waals surface area contributed by atoms with Gasteiger partial charge < -0.3 is 5.11 Å². The van der Waals surface area contributed by atoms with Crippen LogP contribution in [0, 0.1) is 0 Å². The van der Waals surface area contributed by atoms with E-state index in [1.807, 2.05) is 0 Å². The molecule has 0 aliphatic carbocycles. The van der Waals surface area contributed by atoms with Gasteiger partial charge in [0.1, 0.15) is 0 Å². The lowest BCUT2D eigenvalue weighted by Crippen LogP contribution is -2.20. The van der Waals surface area contributed by atoms with Crippen molar-refractivity contribution in [2.24, 2.45) is 0 Å². The molecule has 2 rings (SSSR count). The summed E-state index contributed by atoms with van der Waals surface area (Å²) in [5.41, 5.74) is -1.56. The van der Waals surface area contributed by atoms with Crippen molar-refractivity contribution in [3.63, 3.8) is 0 Å². The smallest absolute Gasteiger partial charge is 0.341 e. The number of para-hydroxylation sites is 1. The molecular weight excluding hydrogens is 236 g/mol. The zero-order chi connectivity index (χ0) is 11.9. The molecule has 1 heterocycles. The Bertz CT molecular complexity index is 601. The molecule has 0 amide bonds. The fourth-order valence-corrected chi connectivity index (χ4v) is 1.49. The molecule has 16 heavy (non-hydrogen) atoms. The van der Waals surface area contributed by atoms with Gasteiger partial charge in [0.25, 0.3) is 0 Å². The van der Waals surface area contributed by atoms with Crippen molar-refractivity contribution in [3.05, 3.63) is 50.5 Å². The first-order valence-corrected chi connectivity index (χ1v) is 4.54. The fourth-order valence-electron chi connectivity index (χ4n) is 1.21. The van der Waals surface area contributed by atoms with Gasteiger partial charge in [-0.3, -0.25) is 9.59 Å². The lowest BCUT2D eigenvalue weighted by Gasteiger charge is -2.12. The van der Waals surface area contributed by atoms with Crippen LogP contribution in [0.4, 0.5) is 5.69 Å². The molecule has 82 valence electrons. The van der Waals surface area contributed by atoms with Crippen LogP contribution in [0.2, 0.25) is 0 Å². The number of aromatic nitrogens is 1. The van der Waals surface area contributed by atoms with Crippen molar-refractivity contribution in [3.8, 4) is 0 Å². The Hall–Kier alpha value is -2.08. The predicted octanol–water partition coefficient (Wildman–Crippen LogP) is 0.206. The highest BCUT2D eigenvalue weighted by Gasteiger charge is 2.25. The lowest BCUT2D eigenvalue weighted by atomic mass is 10.2. The van der Waals surface area contributed by atoms with E-state index in [4.69, 9.17) is 16.9 Å². The molecule has 7 heteroatoms. The summed E-state index contributed by atoms with van der Waals surface area (Å²) in [7, 11) is 0. The summed E-state index contributed by atoms with van der Waals surface area (Å²) in [5.74, 6) is -1.19. The van der Waals surface area contributed by atoms with Gasteiger partial charge in [-0.25, -0.2) is 4.79 Å². The molecule has 0 bridgehead atoms. The Morgan fingerprint density at radius 3 is 2.31 bits per heavy atom. The number of carboxylic acids is 1. The van der Waals surface area contributed by atoms with Gasteiger partial charge >= 0.3 is 17.1 Å². The first-order valence-electron chi connectivity index (χ1n) is 4.20. The second kappa shape index (κ2) is 3.49. The Kier molecular flexibility index (Phi) is 2.28. The number of hydrogen-bond donors (Lipinski definition) is 1. The molecule has 0 aliphatic heterocycles. The number of halogens is 1. The van der Waals surface area contributed by atoms with E-state index in [9.17, 15) is 14.4 Å². The molecule has 0 aliphatic rings. The van der Waals surface area contributed by atoms with Crippen molar-refractivity contribution in [1.29, 1.82) is 0 Å². The van der Waals surface area contributed by atoms with Crippen molar-refractivity contribution in [1.82, 2.24) is 4.68 Å². The van der Waals surface area contributed by atoms with E-state index in [-0.39, 0.29) is 11.3 Å². The topological polar surface area (TPSA) is 79.6 Å². The molecule has 2 aromatic rings. The Balaban J connectivity index is 2.49. The molecule has 0 unspecified atom stereocenters. The highest BCUT2D eigenvalue weighted by atomic mass is 35.5. The standard InChI is InChI=1S/C9H5ClN2O4/c10-12(11-7(13)8(11)14)6-4-2-1-3-5(6)9(15)16/h1-4H,(H,15,16). The quantitative estimate of drug-likeness (QED) is 0.613. The highest BCUT2D eigenvalue weighted by molar-refractivity contribution is 6.26. The molecule has 0 saturated carbocycles. The number of aromatic carboxylic acids is 1. The van der Waals surface area contributed by atoms with Gasteiger partial charge in [-0.1, -0.05) is 12.1 Å². The third kappa shape index (κ3) is 1.49. The fraction of sp³-hybridized carbons (Fsp3) is 0. The van der Waals surface area contributed by atoms with E-state index in [2.05, 4.69) is 0 Å². The first kappa shape index (κ1) is 10.4. The van der Waals surface area contributed by atoms with Gasteiger partial charge in [-0.15, -0.1) is 0 Å². The summed E-state index contributed by atoms with van der Waals surface area (Å²) >= 11 is 5.70. The maximum absolute atomic E-state index is 10.9. The summed E-state index contributed by atoms with van der Waals surface area (Å²) in [4.78, 5) is 32.5. The number of carbonyl (C=O) groups is 1. The molecule has 0 saturated heterocycles. The van der Waals surface area contributed by atoms with Gasteiger partial charge in [-0.2, -0.15) is 9.20 Å². The number of benzene rings is 1. The minimum atomic E-state index is -1.19. The number of carboxylic acid groups (broad SMARTS) is 1. The van der Waals surface area contributed by atoms with Crippen LogP contribution in [0.3, 0.4) is 0 Å². The largest absolute Gasteiger partial charge is 0.478 e. The number of anilines is 1. The molecule has 0 fully saturated rings. The Morgan fingerprint density at radius 1 is 1.25 bits per heavy atom. The zero-order valence-electron chi connectivity index (χ0n) is 7.75. The second-order valence-corrected chi connectivity index (χ2v) is 3.32. The van der Waals surface area contributed by atoms with E-state index < -0.39 is 17.1 Å². The van der Waals surface area contributed by atoms with Crippen LogP contribution in [0.1, 0.15) is 10.4 Å². The van der Waals surface area contributed by atoms with Crippen molar-refractivity contribution < 1.29 is 9.90 Å². The van der Waals surface area contributed by atoms with E-state index >= 15 is 0 Å². The molecule has 1 N–H and O–H groups in total. The molecule has 0 spiro atoms. The molecule has 1 aromatic carbocycles. The summed E-state index contributed by atoms with van der Waals surface area (Å²) in [5, 5.41) is 8.87. The summed E-state index contributed by atoms with van der Waals surface area (Å²) < 4.78 is 1.34. The van der Waals surface area contributed by atoms with Gasteiger partial charge in [0.05, 0.1) is 11.3 Å². The molecule has 1 aromatic heterocycles. The SMILES string of the molecule is O=C(O)c1ccccc1N(Cl)n1c(=O)c1=O.